The molecule has 1 N–H and O–H groups in total. The molecule has 0 aromatic rings. The van der Waals surface area contributed by atoms with Crippen LogP contribution in [0.3, 0.4) is 0 Å². The van der Waals surface area contributed by atoms with Gasteiger partial charge in [0.05, 0.1) is 12.1 Å². The highest BCUT2D eigenvalue weighted by Gasteiger charge is 2.42. The maximum absolute atomic E-state index is 13.3. The molecule has 0 aliphatic carbocycles. The van der Waals surface area contributed by atoms with Crippen molar-refractivity contribution in [2.24, 2.45) is 0 Å². The molecule has 1 unspecified atom stereocenters. The van der Waals surface area contributed by atoms with Crippen LogP contribution in [0.15, 0.2) is 0 Å². The predicted octanol–water partition coefficient (Wildman–Crippen LogP) is 1.12. The summed E-state index contributed by atoms with van der Waals surface area (Å²) in [5.41, 5.74) is 0. The summed E-state index contributed by atoms with van der Waals surface area (Å²) in [5.74, 6) is -0.970. The number of hydrogen-bond donors (Lipinski definition) is 1. The summed E-state index contributed by atoms with van der Waals surface area (Å²) >= 11 is 0. The second-order valence-corrected chi connectivity index (χ2v) is 8.77. The Morgan fingerprint density at radius 3 is 2.48 bits per heavy atom. The van der Waals surface area contributed by atoms with Crippen LogP contribution in [-0.2, 0) is 19.2 Å². The molecule has 2 amide bonds. The Balaban J connectivity index is 1.72. The van der Waals surface area contributed by atoms with Crippen molar-refractivity contribution in [1.82, 2.24) is 19.8 Å². The lowest BCUT2D eigenvalue weighted by Crippen LogP contribution is -2.59. The molecule has 31 heavy (non-hydrogen) atoms. The number of carbonyl (C=O) groups excluding carboxylic acids is 3. The fraction of sp³-hybridized carbons (Fsp3) is 0.818. The Labute approximate surface area is 184 Å². The number of ketones is 1. The minimum atomic E-state index is -0.948. The minimum absolute atomic E-state index is 0.0318. The molecule has 0 aromatic heterocycles. The number of Topliss-reactive ketones (excluding diaryl/α,β-unsaturated/α-hetero) is 1. The number of carboxylic acids is 1. The number of nitrogens with zero attached hydrogens (tertiary/aromatic N) is 4. The van der Waals surface area contributed by atoms with Crippen molar-refractivity contribution in [3.05, 3.63) is 0 Å². The lowest BCUT2D eigenvalue weighted by atomic mass is 9.98. The molecule has 0 aromatic carbocycles. The zero-order valence-corrected chi connectivity index (χ0v) is 18.8. The van der Waals surface area contributed by atoms with E-state index in [0.29, 0.717) is 58.4 Å². The first-order valence-corrected chi connectivity index (χ1v) is 11.8. The van der Waals surface area contributed by atoms with Crippen molar-refractivity contribution in [2.45, 2.75) is 83.3 Å². The van der Waals surface area contributed by atoms with Gasteiger partial charge in [-0.05, 0) is 38.5 Å². The van der Waals surface area contributed by atoms with Crippen LogP contribution in [0.1, 0.15) is 65.2 Å². The van der Waals surface area contributed by atoms with Gasteiger partial charge < -0.3 is 14.9 Å². The summed E-state index contributed by atoms with van der Waals surface area (Å²) in [4.78, 5) is 53.4. The molecule has 9 nitrogen and oxygen atoms in total. The van der Waals surface area contributed by atoms with Gasteiger partial charge in [-0.1, -0.05) is 13.8 Å². The number of rotatable bonds is 8. The molecule has 3 fully saturated rings. The zero-order chi connectivity index (χ0) is 22.5. The van der Waals surface area contributed by atoms with Gasteiger partial charge in [-0.15, -0.1) is 0 Å². The van der Waals surface area contributed by atoms with Gasteiger partial charge in [0.25, 0.3) is 0 Å². The van der Waals surface area contributed by atoms with E-state index in [1.807, 2.05) is 23.9 Å². The lowest BCUT2D eigenvalue weighted by molar-refractivity contribution is -0.154. The first-order valence-electron chi connectivity index (χ1n) is 11.8. The van der Waals surface area contributed by atoms with Gasteiger partial charge in [0.1, 0.15) is 6.04 Å². The Hall–Kier alpha value is -2.00. The van der Waals surface area contributed by atoms with Crippen LogP contribution >= 0.6 is 0 Å². The number of carboxylic acid groups (broad SMARTS) is 1. The van der Waals surface area contributed by atoms with Crippen LogP contribution in [0, 0.1) is 0 Å². The van der Waals surface area contributed by atoms with Crippen LogP contribution in [0.25, 0.3) is 0 Å². The highest BCUT2D eigenvalue weighted by atomic mass is 16.4. The van der Waals surface area contributed by atoms with Crippen molar-refractivity contribution in [3.63, 3.8) is 0 Å². The van der Waals surface area contributed by atoms with Gasteiger partial charge in [0.2, 0.25) is 11.8 Å². The van der Waals surface area contributed by atoms with Gasteiger partial charge in [-0.3, -0.25) is 14.4 Å². The molecule has 3 rings (SSSR count). The average Bonchev–Trinajstić information content (AvgIpc) is 3.42. The number of carbonyl (C=O) groups is 4. The quantitative estimate of drug-likeness (QED) is 0.608. The van der Waals surface area contributed by atoms with Gasteiger partial charge in [0, 0.05) is 45.6 Å². The molecule has 3 aliphatic heterocycles. The number of fused-ring (bicyclic) bond motifs is 1. The highest BCUT2D eigenvalue weighted by Crippen LogP contribution is 2.26. The molecule has 174 valence electrons. The summed E-state index contributed by atoms with van der Waals surface area (Å²) in [6.45, 7) is 6.75. The van der Waals surface area contributed by atoms with E-state index >= 15 is 0 Å². The Bertz CT molecular complexity index is 699. The third-order valence-electron chi connectivity index (χ3n) is 6.82. The zero-order valence-electron chi connectivity index (χ0n) is 18.8. The largest absolute Gasteiger partial charge is 0.480 e. The molecule has 3 aliphatic rings. The van der Waals surface area contributed by atoms with E-state index in [1.54, 1.807) is 4.90 Å². The summed E-state index contributed by atoms with van der Waals surface area (Å²) in [6.07, 6.45) is 4.87. The lowest BCUT2D eigenvalue weighted by Gasteiger charge is -2.43. The minimum Gasteiger partial charge on any atom is -0.480 e. The number of amides is 2. The van der Waals surface area contributed by atoms with Gasteiger partial charge >= 0.3 is 5.97 Å². The standard InChI is InChI=1S/C22H36N4O5/c1-3-11-23(14-9-19(27)25-13-6-8-18(25)22(30)31)26-15-10-20(28)24-12-5-7-17(24)21(29)16(26)4-2/h16-18H,3-15H2,1-2H3,(H,30,31)/t16-,17-,18?/m1/s1. The Morgan fingerprint density at radius 1 is 1.06 bits per heavy atom. The molecular weight excluding hydrogens is 400 g/mol. The fourth-order valence-corrected chi connectivity index (χ4v) is 5.31. The summed E-state index contributed by atoms with van der Waals surface area (Å²) < 4.78 is 0. The van der Waals surface area contributed by atoms with E-state index in [9.17, 15) is 24.3 Å². The Kier molecular flexibility index (Phi) is 8.05. The van der Waals surface area contributed by atoms with Crippen LogP contribution in [0.4, 0.5) is 0 Å². The SMILES string of the molecule is CCCN(CCC(=O)N1CCCC1C(=O)O)N1CCC(=O)N2CCC[C@@H]2C(=O)[C@H]1CC. The molecule has 3 saturated heterocycles. The fourth-order valence-electron chi connectivity index (χ4n) is 5.31. The summed E-state index contributed by atoms with van der Waals surface area (Å²) in [5, 5.41) is 13.4. The van der Waals surface area contributed by atoms with Gasteiger partial charge in [-0.25, -0.2) is 14.8 Å². The predicted molar refractivity (Wildman–Crippen MR) is 114 cm³/mol. The van der Waals surface area contributed by atoms with Crippen molar-refractivity contribution >= 4 is 23.6 Å². The number of aliphatic carboxylic acids is 1. The van der Waals surface area contributed by atoms with Crippen LogP contribution in [0.5, 0.6) is 0 Å². The maximum Gasteiger partial charge on any atom is 0.326 e. The maximum atomic E-state index is 13.3. The molecule has 0 spiro atoms. The normalized spacial score (nSPS) is 27.5. The van der Waals surface area contributed by atoms with Crippen molar-refractivity contribution in [1.29, 1.82) is 0 Å². The number of hydrogen-bond acceptors (Lipinski definition) is 6. The van der Waals surface area contributed by atoms with Gasteiger partial charge in [0.15, 0.2) is 5.78 Å². The van der Waals surface area contributed by atoms with Crippen molar-refractivity contribution in [3.8, 4) is 0 Å². The molecule has 0 bridgehead atoms. The van der Waals surface area contributed by atoms with Crippen LogP contribution < -0.4 is 0 Å². The second-order valence-electron chi connectivity index (χ2n) is 8.77. The van der Waals surface area contributed by atoms with E-state index in [2.05, 4.69) is 0 Å². The summed E-state index contributed by atoms with van der Waals surface area (Å²) in [7, 11) is 0. The smallest absolute Gasteiger partial charge is 0.326 e. The monoisotopic (exact) mass is 436 g/mol. The van der Waals surface area contributed by atoms with E-state index in [0.717, 1.165) is 19.3 Å². The third-order valence-corrected chi connectivity index (χ3v) is 6.82. The molecule has 0 radical (unpaired) electrons. The van der Waals surface area contributed by atoms with E-state index < -0.39 is 12.0 Å². The number of likely N-dealkylation sites (tertiary alicyclic amines) is 1. The van der Waals surface area contributed by atoms with E-state index in [1.165, 1.54) is 4.90 Å². The molecule has 0 saturated carbocycles. The van der Waals surface area contributed by atoms with E-state index in [4.69, 9.17) is 0 Å². The van der Waals surface area contributed by atoms with Crippen molar-refractivity contribution < 1.29 is 24.3 Å². The average molecular weight is 437 g/mol. The van der Waals surface area contributed by atoms with Crippen molar-refractivity contribution in [2.75, 3.05) is 32.7 Å². The second kappa shape index (κ2) is 10.5. The summed E-state index contributed by atoms with van der Waals surface area (Å²) in [6, 6.07) is -1.37. The van der Waals surface area contributed by atoms with Gasteiger partial charge in [-0.2, -0.15) is 0 Å². The van der Waals surface area contributed by atoms with E-state index in [-0.39, 0.29) is 36.1 Å². The first-order chi connectivity index (χ1) is 14.9. The molecular formula is C22H36N4O5. The molecule has 9 heteroatoms. The van der Waals surface area contributed by atoms with Crippen LogP contribution in [-0.4, -0.2) is 99.3 Å². The third kappa shape index (κ3) is 5.09. The van der Waals surface area contributed by atoms with Crippen LogP contribution in [0.2, 0.25) is 0 Å². The number of hydrazine groups is 1. The Morgan fingerprint density at radius 2 is 1.81 bits per heavy atom. The first kappa shape index (κ1) is 23.7. The molecule has 3 atom stereocenters. The molecule has 3 heterocycles. The topological polar surface area (TPSA) is 101 Å². The highest BCUT2D eigenvalue weighted by molar-refractivity contribution is 5.93.